The number of esters is 1. The summed E-state index contributed by atoms with van der Waals surface area (Å²) in [6.07, 6.45) is 1.87. The molecule has 0 amide bonds. The predicted octanol–water partition coefficient (Wildman–Crippen LogP) is 4.70. The highest BCUT2D eigenvalue weighted by molar-refractivity contribution is 5.75. The van der Waals surface area contributed by atoms with E-state index in [4.69, 9.17) is 23.7 Å². The molecule has 0 radical (unpaired) electrons. The van der Waals surface area contributed by atoms with Gasteiger partial charge >= 0.3 is 5.97 Å². The maximum atomic E-state index is 12.0. The SMILES string of the molecule is CCOC(=O)[C@H](Cc1ccc(OC/C=C(\C)c2cc(OC)cc(OC)c2)cc1)OCC. The molecule has 0 aliphatic heterocycles. The molecule has 0 aliphatic rings. The largest absolute Gasteiger partial charge is 0.497 e. The first-order valence-electron chi connectivity index (χ1n) is 10.4. The summed E-state index contributed by atoms with van der Waals surface area (Å²) in [4.78, 5) is 12.0. The van der Waals surface area contributed by atoms with Crippen LogP contribution < -0.4 is 14.2 Å². The molecule has 0 bridgehead atoms. The van der Waals surface area contributed by atoms with Crippen LogP contribution in [0.5, 0.6) is 17.2 Å². The number of ether oxygens (including phenoxy) is 5. The van der Waals surface area contributed by atoms with Gasteiger partial charge in [0, 0.05) is 19.1 Å². The zero-order valence-corrected chi connectivity index (χ0v) is 19.0. The molecule has 0 aliphatic carbocycles. The minimum absolute atomic E-state index is 0.334. The van der Waals surface area contributed by atoms with Gasteiger partial charge in [0.2, 0.25) is 0 Å². The van der Waals surface area contributed by atoms with E-state index in [1.54, 1.807) is 21.1 Å². The minimum atomic E-state index is -0.595. The van der Waals surface area contributed by atoms with Gasteiger partial charge < -0.3 is 23.7 Å². The molecule has 0 heterocycles. The number of carbonyl (C=O) groups excluding carboxylic acids is 1. The van der Waals surface area contributed by atoms with E-state index < -0.39 is 6.10 Å². The Balaban J connectivity index is 1.96. The van der Waals surface area contributed by atoms with Gasteiger partial charge in [0.15, 0.2) is 6.10 Å². The van der Waals surface area contributed by atoms with Crippen molar-refractivity contribution in [2.24, 2.45) is 0 Å². The lowest BCUT2D eigenvalue weighted by molar-refractivity contribution is -0.156. The lowest BCUT2D eigenvalue weighted by atomic mass is 10.1. The van der Waals surface area contributed by atoms with Crippen LogP contribution in [0.25, 0.3) is 5.57 Å². The number of hydrogen-bond donors (Lipinski definition) is 0. The average molecular weight is 429 g/mol. The molecule has 0 N–H and O–H groups in total. The second kappa shape index (κ2) is 12.6. The smallest absolute Gasteiger partial charge is 0.335 e. The summed E-state index contributed by atoms with van der Waals surface area (Å²) < 4.78 is 27.1. The number of methoxy groups -OCH3 is 2. The van der Waals surface area contributed by atoms with Crippen LogP contribution >= 0.6 is 0 Å². The van der Waals surface area contributed by atoms with E-state index in [0.29, 0.717) is 26.2 Å². The van der Waals surface area contributed by atoms with Gasteiger partial charge in [0.25, 0.3) is 0 Å². The fraction of sp³-hybridized carbons (Fsp3) is 0.400. The Kier molecular flexibility index (Phi) is 9.91. The average Bonchev–Trinajstić information content (AvgIpc) is 2.79. The normalized spacial score (nSPS) is 12.2. The van der Waals surface area contributed by atoms with Crippen molar-refractivity contribution in [2.75, 3.05) is 34.0 Å². The third-order valence-corrected chi connectivity index (χ3v) is 4.71. The molecule has 0 fully saturated rings. The molecule has 0 aromatic heterocycles. The quantitative estimate of drug-likeness (QED) is 0.457. The highest BCUT2D eigenvalue weighted by Crippen LogP contribution is 2.27. The van der Waals surface area contributed by atoms with E-state index in [1.807, 2.05) is 62.4 Å². The Hall–Kier alpha value is -2.99. The minimum Gasteiger partial charge on any atom is -0.497 e. The third kappa shape index (κ3) is 7.64. The lowest BCUT2D eigenvalue weighted by Crippen LogP contribution is -2.28. The van der Waals surface area contributed by atoms with E-state index in [-0.39, 0.29) is 5.97 Å². The summed E-state index contributed by atoms with van der Waals surface area (Å²) >= 11 is 0. The summed E-state index contributed by atoms with van der Waals surface area (Å²) in [5.74, 6) is 1.90. The fourth-order valence-electron chi connectivity index (χ4n) is 3.00. The van der Waals surface area contributed by atoms with Crippen molar-refractivity contribution in [3.8, 4) is 17.2 Å². The number of benzene rings is 2. The van der Waals surface area contributed by atoms with E-state index in [1.165, 1.54) is 0 Å². The summed E-state index contributed by atoms with van der Waals surface area (Å²) in [6.45, 7) is 6.88. The van der Waals surface area contributed by atoms with Gasteiger partial charge in [0.1, 0.15) is 23.9 Å². The zero-order valence-electron chi connectivity index (χ0n) is 19.0. The number of carbonyl (C=O) groups is 1. The molecule has 31 heavy (non-hydrogen) atoms. The first kappa shape index (κ1) is 24.3. The number of hydrogen-bond acceptors (Lipinski definition) is 6. The topological polar surface area (TPSA) is 63.2 Å². The highest BCUT2D eigenvalue weighted by Gasteiger charge is 2.20. The Labute approximate surface area is 184 Å². The van der Waals surface area contributed by atoms with Crippen molar-refractivity contribution < 1.29 is 28.5 Å². The molecule has 0 saturated carbocycles. The van der Waals surface area contributed by atoms with Crippen molar-refractivity contribution in [3.05, 3.63) is 59.7 Å². The van der Waals surface area contributed by atoms with Gasteiger partial charge in [-0.1, -0.05) is 12.1 Å². The van der Waals surface area contributed by atoms with Crippen LogP contribution in [-0.2, 0) is 20.7 Å². The van der Waals surface area contributed by atoms with Crippen LogP contribution in [0.4, 0.5) is 0 Å². The molecular formula is C25H32O6. The number of rotatable bonds is 12. The first-order valence-corrected chi connectivity index (χ1v) is 10.4. The van der Waals surface area contributed by atoms with Gasteiger partial charge in [-0.05, 0) is 67.8 Å². The molecular weight excluding hydrogens is 396 g/mol. The summed E-state index contributed by atoms with van der Waals surface area (Å²) in [6, 6.07) is 13.4. The molecule has 168 valence electrons. The molecule has 0 saturated heterocycles. The van der Waals surface area contributed by atoms with Crippen molar-refractivity contribution in [1.82, 2.24) is 0 Å². The molecule has 0 unspecified atom stereocenters. The van der Waals surface area contributed by atoms with Crippen molar-refractivity contribution in [3.63, 3.8) is 0 Å². The summed E-state index contributed by atoms with van der Waals surface area (Å²) in [5.41, 5.74) is 3.05. The standard InChI is InChI=1S/C25H32O6/c1-6-29-24(25(26)30-7-2)14-19-8-10-21(11-9-19)31-13-12-18(3)20-15-22(27-4)17-23(16-20)28-5/h8-12,15-17,24H,6-7,13-14H2,1-5H3/b18-12+/t24-/m0/s1. The molecule has 6 heteroatoms. The Morgan fingerprint density at radius 1 is 0.935 bits per heavy atom. The van der Waals surface area contributed by atoms with Crippen molar-refractivity contribution in [1.29, 1.82) is 0 Å². The Morgan fingerprint density at radius 3 is 2.13 bits per heavy atom. The van der Waals surface area contributed by atoms with E-state index in [2.05, 4.69) is 0 Å². The maximum absolute atomic E-state index is 12.0. The fourth-order valence-corrected chi connectivity index (χ4v) is 3.00. The molecule has 2 aromatic carbocycles. The Bertz CT molecular complexity index is 835. The molecule has 2 aromatic rings. The molecule has 2 rings (SSSR count). The van der Waals surface area contributed by atoms with Crippen LogP contribution in [0.2, 0.25) is 0 Å². The highest BCUT2D eigenvalue weighted by atomic mass is 16.6. The van der Waals surface area contributed by atoms with Crippen LogP contribution in [-0.4, -0.2) is 46.1 Å². The molecule has 6 nitrogen and oxygen atoms in total. The summed E-state index contributed by atoms with van der Waals surface area (Å²) in [7, 11) is 3.27. The van der Waals surface area contributed by atoms with Crippen molar-refractivity contribution in [2.45, 2.75) is 33.3 Å². The van der Waals surface area contributed by atoms with Gasteiger partial charge in [0.05, 0.1) is 20.8 Å². The van der Waals surface area contributed by atoms with E-state index >= 15 is 0 Å². The van der Waals surface area contributed by atoms with E-state index in [0.717, 1.165) is 33.9 Å². The van der Waals surface area contributed by atoms with Gasteiger partial charge in [-0.15, -0.1) is 0 Å². The van der Waals surface area contributed by atoms with Gasteiger partial charge in [-0.3, -0.25) is 0 Å². The van der Waals surface area contributed by atoms with Gasteiger partial charge in [-0.2, -0.15) is 0 Å². The van der Waals surface area contributed by atoms with Gasteiger partial charge in [-0.25, -0.2) is 4.79 Å². The monoisotopic (exact) mass is 428 g/mol. The Morgan fingerprint density at radius 2 is 1.58 bits per heavy atom. The van der Waals surface area contributed by atoms with Crippen LogP contribution in [0.1, 0.15) is 31.9 Å². The summed E-state index contributed by atoms with van der Waals surface area (Å²) in [5, 5.41) is 0. The third-order valence-electron chi connectivity index (χ3n) is 4.71. The maximum Gasteiger partial charge on any atom is 0.335 e. The van der Waals surface area contributed by atoms with E-state index in [9.17, 15) is 4.79 Å². The number of allylic oxidation sites excluding steroid dienone is 1. The van der Waals surface area contributed by atoms with Crippen LogP contribution in [0, 0.1) is 0 Å². The van der Waals surface area contributed by atoms with Crippen molar-refractivity contribution >= 4 is 11.5 Å². The second-order valence-corrected chi connectivity index (χ2v) is 6.84. The van der Waals surface area contributed by atoms with Crippen LogP contribution in [0.15, 0.2) is 48.5 Å². The first-order chi connectivity index (χ1) is 15.0. The molecule has 0 spiro atoms. The van der Waals surface area contributed by atoms with Crippen LogP contribution in [0.3, 0.4) is 0 Å². The zero-order chi connectivity index (χ0) is 22.6. The second-order valence-electron chi connectivity index (χ2n) is 6.84. The predicted molar refractivity (Wildman–Crippen MR) is 121 cm³/mol. The lowest BCUT2D eigenvalue weighted by Gasteiger charge is -2.15. The molecule has 1 atom stereocenters.